The Hall–Kier alpha value is -3.59. The van der Waals surface area contributed by atoms with Crippen molar-refractivity contribution in [3.05, 3.63) is 69.1 Å². The molecule has 1 aliphatic rings. The average molecular weight is 567 g/mol. The second-order valence-electron chi connectivity index (χ2n) is 9.04. The second kappa shape index (κ2) is 11.7. The molecule has 14 heteroatoms. The van der Waals surface area contributed by atoms with Gasteiger partial charge in [-0.15, -0.1) is 0 Å². The van der Waals surface area contributed by atoms with Crippen LogP contribution in [0.15, 0.2) is 39.5 Å². The number of morpholine rings is 1. The summed E-state index contributed by atoms with van der Waals surface area (Å²) in [5.74, 6) is -2.13. The molecular formula is C25H28F2N4O7S. The Kier molecular flexibility index (Phi) is 8.49. The molecule has 11 nitrogen and oxygen atoms in total. The molecule has 4 rings (SSSR count). The predicted molar refractivity (Wildman–Crippen MR) is 139 cm³/mol. The van der Waals surface area contributed by atoms with Gasteiger partial charge in [0.05, 0.1) is 18.9 Å². The van der Waals surface area contributed by atoms with E-state index in [4.69, 9.17) is 13.9 Å². The van der Waals surface area contributed by atoms with E-state index in [-0.39, 0.29) is 40.7 Å². The van der Waals surface area contributed by atoms with E-state index < -0.39 is 39.3 Å². The quantitative estimate of drug-likeness (QED) is 0.398. The zero-order chi connectivity index (χ0) is 28.3. The molecule has 39 heavy (non-hydrogen) atoms. The highest BCUT2D eigenvalue weighted by molar-refractivity contribution is 7.90. The molecule has 0 atom stereocenters. The number of halogens is 2. The van der Waals surface area contributed by atoms with E-state index in [0.29, 0.717) is 31.9 Å². The zero-order valence-corrected chi connectivity index (χ0v) is 22.4. The van der Waals surface area contributed by atoms with Gasteiger partial charge in [0.1, 0.15) is 5.58 Å². The van der Waals surface area contributed by atoms with Gasteiger partial charge >= 0.3 is 11.7 Å². The van der Waals surface area contributed by atoms with Gasteiger partial charge in [0, 0.05) is 64.2 Å². The zero-order valence-electron chi connectivity index (χ0n) is 21.5. The number of anilines is 1. The van der Waals surface area contributed by atoms with E-state index in [9.17, 15) is 18.0 Å². The molecule has 0 saturated carbocycles. The molecule has 1 aliphatic heterocycles. The fourth-order valence-corrected chi connectivity index (χ4v) is 4.64. The van der Waals surface area contributed by atoms with Crippen LogP contribution in [0.4, 0.5) is 19.3 Å². The van der Waals surface area contributed by atoms with Crippen LogP contribution in [0.25, 0.3) is 11.0 Å². The van der Waals surface area contributed by atoms with Gasteiger partial charge in [-0.2, -0.15) is 8.42 Å². The largest absolute Gasteiger partial charge is 0.422 e. The summed E-state index contributed by atoms with van der Waals surface area (Å²) in [4.78, 5) is 28.3. The number of rotatable bonds is 8. The Morgan fingerprint density at radius 1 is 1.15 bits per heavy atom. The number of ether oxygens (including phenoxy) is 2. The van der Waals surface area contributed by atoms with Gasteiger partial charge in [-0.05, 0) is 23.3 Å². The van der Waals surface area contributed by atoms with Gasteiger partial charge in [0.2, 0.25) is 0 Å². The molecule has 3 aromatic rings. The number of carbonyl (C=O) groups is 1. The van der Waals surface area contributed by atoms with E-state index in [0.717, 1.165) is 17.0 Å². The van der Waals surface area contributed by atoms with Gasteiger partial charge in [-0.25, -0.2) is 23.1 Å². The number of hydrogen-bond donors (Lipinski definition) is 2. The fourth-order valence-electron chi connectivity index (χ4n) is 4.09. The minimum Gasteiger partial charge on any atom is -0.422 e. The van der Waals surface area contributed by atoms with E-state index in [2.05, 4.69) is 4.72 Å². The Morgan fingerprint density at radius 2 is 1.87 bits per heavy atom. The molecule has 210 valence electrons. The standard InChI is InChI=1S/C25H28F2N4O7S/c1-28-39(34,35)29-20-6-4-5-15(23(20)27)11-17-18(14-31-7-9-36-10-8-31)16-12-19(26)22(38-25(33)30(2)3)13-21(16)37-24(17)32/h4-6,12-13,28-29H,7-11,14H2,1-3H3. The van der Waals surface area contributed by atoms with Crippen molar-refractivity contribution in [2.45, 2.75) is 13.0 Å². The van der Waals surface area contributed by atoms with E-state index in [1.165, 1.54) is 39.3 Å². The van der Waals surface area contributed by atoms with Crippen LogP contribution in [-0.2, 0) is 27.9 Å². The SMILES string of the molecule is CNS(=O)(=O)Nc1cccc(Cc2c(CN3CCOCC3)c3cc(F)c(OC(=O)N(C)C)cc3oc2=O)c1F. The summed E-state index contributed by atoms with van der Waals surface area (Å²) in [6.45, 7) is 2.26. The number of hydrogen-bond acceptors (Lipinski definition) is 8. The first kappa shape index (κ1) is 28.4. The lowest BCUT2D eigenvalue weighted by Gasteiger charge is -2.27. The Bertz CT molecular complexity index is 1550. The summed E-state index contributed by atoms with van der Waals surface area (Å²) < 4.78 is 74.3. The lowest BCUT2D eigenvalue weighted by Crippen LogP contribution is -2.36. The fraction of sp³-hybridized carbons (Fsp3) is 0.360. The molecule has 2 N–H and O–H groups in total. The Morgan fingerprint density at radius 3 is 2.54 bits per heavy atom. The number of nitrogens with zero attached hydrogens (tertiary/aromatic N) is 2. The van der Waals surface area contributed by atoms with Crippen LogP contribution in [-0.4, -0.2) is 71.8 Å². The first-order chi connectivity index (χ1) is 18.5. The molecule has 0 unspecified atom stereocenters. The molecule has 0 radical (unpaired) electrons. The first-order valence-electron chi connectivity index (χ1n) is 11.9. The number of nitrogens with one attached hydrogen (secondary N) is 2. The van der Waals surface area contributed by atoms with Crippen LogP contribution in [0, 0.1) is 11.6 Å². The average Bonchev–Trinajstić information content (AvgIpc) is 2.89. The summed E-state index contributed by atoms with van der Waals surface area (Å²) in [7, 11) is 0.0565. The maximum absolute atomic E-state index is 15.3. The maximum Gasteiger partial charge on any atom is 0.414 e. The number of carbonyl (C=O) groups excluding carboxylic acids is 1. The van der Waals surface area contributed by atoms with Gasteiger partial charge in [0.15, 0.2) is 17.4 Å². The van der Waals surface area contributed by atoms with Crippen molar-refractivity contribution >= 4 is 33.0 Å². The van der Waals surface area contributed by atoms with Crippen molar-refractivity contribution < 1.29 is 35.9 Å². The molecule has 0 spiro atoms. The van der Waals surface area contributed by atoms with E-state index in [1.54, 1.807) is 0 Å². The summed E-state index contributed by atoms with van der Waals surface area (Å²) in [5, 5.41) is 0.255. The van der Waals surface area contributed by atoms with Crippen LogP contribution < -0.4 is 19.8 Å². The molecule has 1 saturated heterocycles. The number of benzene rings is 2. The lowest BCUT2D eigenvalue weighted by molar-refractivity contribution is 0.0342. The molecule has 1 fully saturated rings. The van der Waals surface area contributed by atoms with Crippen LogP contribution in [0.2, 0.25) is 0 Å². The summed E-state index contributed by atoms with van der Waals surface area (Å²) in [6, 6.07) is 6.36. The van der Waals surface area contributed by atoms with Crippen molar-refractivity contribution in [2.75, 3.05) is 52.2 Å². The minimum absolute atomic E-state index is 0.00836. The van der Waals surface area contributed by atoms with Crippen molar-refractivity contribution in [1.29, 1.82) is 0 Å². The predicted octanol–water partition coefficient (Wildman–Crippen LogP) is 2.43. The topological polar surface area (TPSA) is 130 Å². The molecule has 1 aromatic heterocycles. The summed E-state index contributed by atoms with van der Waals surface area (Å²) in [6.07, 6.45) is -1.07. The summed E-state index contributed by atoms with van der Waals surface area (Å²) in [5.41, 5.74) is -0.584. The smallest absolute Gasteiger partial charge is 0.414 e. The van der Waals surface area contributed by atoms with Crippen molar-refractivity contribution in [3.8, 4) is 5.75 Å². The third-order valence-electron chi connectivity index (χ3n) is 6.18. The second-order valence-corrected chi connectivity index (χ2v) is 10.7. The Labute approximate surface area is 223 Å². The van der Waals surface area contributed by atoms with Gasteiger partial charge in [-0.1, -0.05) is 12.1 Å². The van der Waals surface area contributed by atoms with Crippen LogP contribution in [0.1, 0.15) is 16.7 Å². The highest BCUT2D eigenvalue weighted by atomic mass is 32.2. The Balaban J connectivity index is 1.82. The molecule has 0 bridgehead atoms. The lowest BCUT2D eigenvalue weighted by atomic mass is 9.97. The van der Waals surface area contributed by atoms with E-state index in [1.807, 2.05) is 9.62 Å². The van der Waals surface area contributed by atoms with Gasteiger partial charge in [-0.3, -0.25) is 9.62 Å². The molecule has 2 aromatic carbocycles. The number of fused-ring (bicyclic) bond motifs is 1. The highest BCUT2D eigenvalue weighted by Gasteiger charge is 2.24. The van der Waals surface area contributed by atoms with Crippen molar-refractivity contribution in [1.82, 2.24) is 14.5 Å². The highest BCUT2D eigenvalue weighted by Crippen LogP contribution is 2.31. The van der Waals surface area contributed by atoms with Crippen molar-refractivity contribution in [2.24, 2.45) is 0 Å². The molecule has 0 aliphatic carbocycles. The molecular weight excluding hydrogens is 538 g/mol. The van der Waals surface area contributed by atoms with Crippen LogP contribution >= 0.6 is 0 Å². The third-order valence-corrected chi connectivity index (χ3v) is 7.21. The monoisotopic (exact) mass is 566 g/mol. The van der Waals surface area contributed by atoms with Gasteiger partial charge in [0.25, 0.3) is 10.2 Å². The third kappa shape index (κ3) is 6.53. The molecule has 2 heterocycles. The maximum atomic E-state index is 15.3. The minimum atomic E-state index is -3.99. The number of amides is 1. The van der Waals surface area contributed by atoms with E-state index >= 15 is 8.78 Å². The van der Waals surface area contributed by atoms with Gasteiger partial charge < -0.3 is 18.8 Å². The molecule has 1 amide bonds. The van der Waals surface area contributed by atoms with Crippen LogP contribution in [0.3, 0.4) is 0 Å². The summed E-state index contributed by atoms with van der Waals surface area (Å²) >= 11 is 0. The normalized spacial score (nSPS) is 14.4. The van der Waals surface area contributed by atoms with Crippen LogP contribution in [0.5, 0.6) is 5.75 Å². The van der Waals surface area contributed by atoms with Crippen molar-refractivity contribution in [3.63, 3.8) is 0 Å². The first-order valence-corrected chi connectivity index (χ1v) is 13.4.